The standard InChI is InChI=1S/C17H31NO/c1-5-16(4,19)12-18-17-8-13-6-14(2,10-17)9-15(3,7-13)11-17/h13,18-19H,5-12H2,1-4H3. The van der Waals surface area contributed by atoms with E-state index in [1.807, 2.05) is 6.92 Å². The molecule has 0 aliphatic heterocycles. The number of hydrogen-bond acceptors (Lipinski definition) is 2. The van der Waals surface area contributed by atoms with Crippen molar-refractivity contribution < 1.29 is 5.11 Å². The molecule has 0 aromatic heterocycles. The third-order valence-electron chi connectivity index (χ3n) is 6.23. The zero-order valence-electron chi connectivity index (χ0n) is 13.2. The fourth-order valence-electron chi connectivity index (χ4n) is 6.15. The molecule has 4 bridgehead atoms. The Balaban J connectivity index is 1.77. The molecule has 0 saturated heterocycles. The molecule has 0 amide bonds. The van der Waals surface area contributed by atoms with Crippen molar-refractivity contribution in [1.82, 2.24) is 5.32 Å². The van der Waals surface area contributed by atoms with Gasteiger partial charge in [-0.3, -0.25) is 0 Å². The molecule has 0 heterocycles. The molecule has 0 spiro atoms. The van der Waals surface area contributed by atoms with E-state index in [4.69, 9.17) is 0 Å². The Kier molecular flexibility index (Phi) is 2.91. The van der Waals surface area contributed by atoms with Gasteiger partial charge in [0.15, 0.2) is 0 Å². The molecule has 4 rings (SSSR count). The van der Waals surface area contributed by atoms with E-state index in [0.29, 0.717) is 16.4 Å². The lowest BCUT2D eigenvalue weighted by atomic mass is 9.43. The third-order valence-corrected chi connectivity index (χ3v) is 6.23. The summed E-state index contributed by atoms with van der Waals surface area (Å²) in [6.07, 6.45) is 9.13. The maximum atomic E-state index is 10.3. The molecule has 0 aromatic rings. The summed E-state index contributed by atoms with van der Waals surface area (Å²) in [5.74, 6) is 0.922. The smallest absolute Gasteiger partial charge is 0.0741 e. The van der Waals surface area contributed by atoms with Gasteiger partial charge in [-0.25, -0.2) is 0 Å². The quantitative estimate of drug-likeness (QED) is 0.815. The molecule has 0 aromatic carbocycles. The summed E-state index contributed by atoms with van der Waals surface area (Å²) >= 11 is 0. The summed E-state index contributed by atoms with van der Waals surface area (Å²) in [5, 5.41) is 14.1. The molecule has 4 fully saturated rings. The van der Waals surface area contributed by atoms with E-state index in [1.54, 1.807) is 0 Å². The second-order valence-corrected chi connectivity index (χ2v) is 9.11. The first-order valence-corrected chi connectivity index (χ1v) is 8.15. The average molecular weight is 265 g/mol. The summed E-state index contributed by atoms with van der Waals surface area (Å²) < 4.78 is 0. The van der Waals surface area contributed by atoms with Crippen molar-refractivity contribution in [2.24, 2.45) is 16.7 Å². The van der Waals surface area contributed by atoms with E-state index >= 15 is 0 Å². The predicted octanol–water partition coefficient (Wildman–Crippen LogP) is 3.49. The van der Waals surface area contributed by atoms with Crippen molar-refractivity contribution in [2.75, 3.05) is 6.54 Å². The lowest BCUT2D eigenvalue weighted by Crippen LogP contribution is -2.65. The number of β-amino-alcohol motifs (C(OH)–C–C–N with tert-alkyl or cyclic N) is 1. The minimum Gasteiger partial charge on any atom is -0.389 e. The van der Waals surface area contributed by atoms with E-state index in [2.05, 4.69) is 26.1 Å². The van der Waals surface area contributed by atoms with Gasteiger partial charge in [0.2, 0.25) is 0 Å². The highest BCUT2D eigenvalue weighted by molar-refractivity contribution is 5.14. The van der Waals surface area contributed by atoms with Gasteiger partial charge in [-0.05, 0) is 68.6 Å². The van der Waals surface area contributed by atoms with Gasteiger partial charge in [0.05, 0.1) is 5.60 Å². The second kappa shape index (κ2) is 3.98. The molecular formula is C17H31NO. The van der Waals surface area contributed by atoms with Gasteiger partial charge in [-0.2, -0.15) is 0 Å². The largest absolute Gasteiger partial charge is 0.389 e. The van der Waals surface area contributed by atoms with Crippen molar-refractivity contribution >= 4 is 0 Å². The van der Waals surface area contributed by atoms with Crippen LogP contribution in [0, 0.1) is 16.7 Å². The van der Waals surface area contributed by atoms with Crippen LogP contribution in [0.5, 0.6) is 0 Å². The van der Waals surface area contributed by atoms with Gasteiger partial charge in [0, 0.05) is 12.1 Å². The maximum absolute atomic E-state index is 10.3. The molecule has 4 aliphatic carbocycles. The van der Waals surface area contributed by atoms with Crippen LogP contribution in [0.15, 0.2) is 0 Å². The van der Waals surface area contributed by atoms with Crippen molar-refractivity contribution in [3.8, 4) is 0 Å². The summed E-state index contributed by atoms with van der Waals surface area (Å²) in [5.41, 5.74) is 0.881. The van der Waals surface area contributed by atoms with Crippen LogP contribution >= 0.6 is 0 Å². The van der Waals surface area contributed by atoms with Crippen LogP contribution < -0.4 is 5.32 Å². The summed E-state index contributed by atoms with van der Waals surface area (Å²) in [7, 11) is 0. The molecule has 4 aliphatic rings. The van der Waals surface area contributed by atoms with Crippen LogP contribution in [-0.4, -0.2) is 22.8 Å². The Morgan fingerprint density at radius 1 is 1.11 bits per heavy atom. The monoisotopic (exact) mass is 265 g/mol. The van der Waals surface area contributed by atoms with E-state index in [9.17, 15) is 5.11 Å². The topological polar surface area (TPSA) is 32.3 Å². The number of nitrogens with one attached hydrogen (secondary N) is 1. The average Bonchev–Trinajstić information content (AvgIpc) is 2.22. The summed E-state index contributed by atoms with van der Waals surface area (Å²) in [6.45, 7) is 9.80. The van der Waals surface area contributed by atoms with Gasteiger partial charge in [-0.15, -0.1) is 0 Å². The highest BCUT2D eigenvalue weighted by Gasteiger charge is 2.59. The molecule has 110 valence electrons. The van der Waals surface area contributed by atoms with E-state index < -0.39 is 5.60 Å². The van der Waals surface area contributed by atoms with E-state index in [0.717, 1.165) is 18.9 Å². The van der Waals surface area contributed by atoms with Crippen molar-refractivity contribution in [1.29, 1.82) is 0 Å². The fraction of sp³-hybridized carbons (Fsp3) is 1.00. The predicted molar refractivity (Wildman–Crippen MR) is 79.1 cm³/mol. The molecular weight excluding hydrogens is 234 g/mol. The Hall–Kier alpha value is -0.0800. The lowest BCUT2D eigenvalue weighted by molar-refractivity contribution is -0.122. The summed E-state index contributed by atoms with van der Waals surface area (Å²) in [4.78, 5) is 0. The molecule has 2 heteroatoms. The number of hydrogen-bond donors (Lipinski definition) is 2. The highest BCUT2D eigenvalue weighted by atomic mass is 16.3. The van der Waals surface area contributed by atoms with Crippen molar-refractivity contribution in [3.05, 3.63) is 0 Å². The first-order valence-electron chi connectivity index (χ1n) is 8.15. The Bertz CT molecular complexity index is 357. The SMILES string of the molecule is CCC(C)(O)CNC12CC3CC(C)(CC(C)(C3)C1)C2. The molecule has 0 radical (unpaired) electrons. The van der Waals surface area contributed by atoms with Gasteiger partial charge >= 0.3 is 0 Å². The molecule has 2 nitrogen and oxygen atoms in total. The number of rotatable bonds is 4. The third kappa shape index (κ3) is 2.47. The molecule has 3 unspecified atom stereocenters. The lowest BCUT2D eigenvalue weighted by Gasteiger charge is -2.65. The summed E-state index contributed by atoms with van der Waals surface area (Å²) in [6, 6.07) is 0. The second-order valence-electron chi connectivity index (χ2n) is 9.11. The van der Waals surface area contributed by atoms with Crippen LogP contribution in [0.4, 0.5) is 0 Å². The minimum absolute atomic E-state index is 0.322. The van der Waals surface area contributed by atoms with Crippen LogP contribution in [0.3, 0.4) is 0 Å². The molecule has 3 atom stereocenters. The maximum Gasteiger partial charge on any atom is 0.0741 e. The Morgan fingerprint density at radius 2 is 1.68 bits per heavy atom. The normalized spacial score (nSPS) is 51.3. The fourth-order valence-corrected chi connectivity index (χ4v) is 6.15. The highest BCUT2D eigenvalue weighted by Crippen LogP contribution is 2.66. The Morgan fingerprint density at radius 3 is 2.16 bits per heavy atom. The van der Waals surface area contributed by atoms with Gasteiger partial charge < -0.3 is 10.4 Å². The number of aliphatic hydroxyl groups is 1. The van der Waals surface area contributed by atoms with Crippen LogP contribution in [0.1, 0.15) is 72.6 Å². The van der Waals surface area contributed by atoms with Crippen LogP contribution in [0.25, 0.3) is 0 Å². The zero-order valence-corrected chi connectivity index (χ0v) is 13.2. The van der Waals surface area contributed by atoms with Crippen molar-refractivity contribution in [2.45, 2.75) is 83.8 Å². The molecule has 2 N–H and O–H groups in total. The van der Waals surface area contributed by atoms with Crippen LogP contribution in [-0.2, 0) is 0 Å². The first-order chi connectivity index (χ1) is 8.67. The molecule has 19 heavy (non-hydrogen) atoms. The van der Waals surface area contributed by atoms with Gasteiger partial charge in [0.1, 0.15) is 0 Å². The first kappa shape index (κ1) is 13.9. The minimum atomic E-state index is -0.550. The molecule has 4 saturated carbocycles. The zero-order chi connectivity index (χ0) is 13.9. The van der Waals surface area contributed by atoms with Gasteiger partial charge in [0.25, 0.3) is 0 Å². The van der Waals surface area contributed by atoms with E-state index in [1.165, 1.54) is 38.5 Å². The van der Waals surface area contributed by atoms with Gasteiger partial charge in [-0.1, -0.05) is 20.8 Å². The van der Waals surface area contributed by atoms with E-state index in [-0.39, 0.29) is 0 Å². The Labute approximate surface area is 118 Å². The van der Waals surface area contributed by atoms with Crippen molar-refractivity contribution in [3.63, 3.8) is 0 Å². The van der Waals surface area contributed by atoms with Crippen LogP contribution in [0.2, 0.25) is 0 Å².